The number of amides is 1. The summed E-state index contributed by atoms with van der Waals surface area (Å²) in [5.41, 5.74) is 2.01. The SMILES string of the molecule is CC(=O)CCC(=O)NCc1cc(C)c(F)c(C)c1. The first-order chi connectivity index (χ1) is 8.40. The van der Waals surface area contributed by atoms with Crippen LogP contribution in [0.5, 0.6) is 0 Å². The second-order valence-electron chi connectivity index (χ2n) is 4.52. The summed E-state index contributed by atoms with van der Waals surface area (Å²) in [5, 5.41) is 2.71. The molecule has 0 aliphatic rings. The molecule has 0 saturated carbocycles. The first-order valence-electron chi connectivity index (χ1n) is 5.92. The molecule has 0 saturated heterocycles. The molecule has 3 nitrogen and oxygen atoms in total. The second kappa shape index (κ2) is 6.28. The van der Waals surface area contributed by atoms with E-state index in [0.717, 1.165) is 5.56 Å². The Morgan fingerprint density at radius 2 is 1.72 bits per heavy atom. The summed E-state index contributed by atoms with van der Waals surface area (Å²) in [6, 6.07) is 3.43. The molecular weight excluding hydrogens is 233 g/mol. The topological polar surface area (TPSA) is 46.2 Å². The smallest absolute Gasteiger partial charge is 0.220 e. The van der Waals surface area contributed by atoms with Crippen LogP contribution in [0.1, 0.15) is 36.5 Å². The van der Waals surface area contributed by atoms with Crippen LogP contribution in [0.4, 0.5) is 4.39 Å². The first-order valence-corrected chi connectivity index (χ1v) is 5.92. The van der Waals surface area contributed by atoms with Crippen molar-refractivity contribution in [3.63, 3.8) is 0 Å². The number of rotatable bonds is 5. The van der Waals surface area contributed by atoms with E-state index in [2.05, 4.69) is 5.32 Å². The van der Waals surface area contributed by atoms with E-state index in [4.69, 9.17) is 0 Å². The average molecular weight is 251 g/mol. The molecule has 0 radical (unpaired) electrons. The molecule has 0 fully saturated rings. The number of ketones is 1. The minimum absolute atomic E-state index is 0.00128. The van der Waals surface area contributed by atoms with Gasteiger partial charge >= 0.3 is 0 Å². The standard InChI is InChI=1S/C14H18FNO2/c1-9-6-12(7-10(2)14(9)15)8-16-13(18)5-4-11(3)17/h6-7H,4-5,8H2,1-3H3,(H,16,18). The van der Waals surface area contributed by atoms with E-state index in [1.54, 1.807) is 26.0 Å². The molecule has 0 unspecified atom stereocenters. The zero-order chi connectivity index (χ0) is 13.7. The number of hydrogen-bond donors (Lipinski definition) is 1. The molecule has 1 aromatic carbocycles. The molecule has 0 spiro atoms. The van der Waals surface area contributed by atoms with Gasteiger partial charge in [0.1, 0.15) is 11.6 Å². The Balaban J connectivity index is 2.53. The minimum Gasteiger partial charge on any atom is -0.352 e. The quantitative estimate of drug-likeness (QED) is 0.873. The maximum absolute atomic E-state index is 13.4. The summed E-state index contributed by atoms with van der Waals surface area (Å²) in [5.74, 6) is -0.370. The summed E-state index contributed by atoms with van der Waals surface area (Å²) in [7, 11) is 0. The van der Waals surface area contributed by atoms with Crippen LogP contribution in [0.3, 0.4) is 0 Å². The van der Waals surface area contributed by atoms with Gasteiger partial charge in [0.2, 0.25) is 5.91 Å². The molecule has 1 aromatic rings. The van der Waals surface area contributed by atoms with Crippen LogP contribution in [0.2, 0.25) is 0 Å². The van der Waals surface area contributed by atoms with Crippen LogP contribution in [0.15, 0.2) is 12.1 Å². The third-order valence-electron chi connectivity index (χ3n) is 2.69. The number of carbonyl (C=O) groups is 2. The van der Waals surface area contributed by atoms with Crippen molar-refractivity contribution in [2.75, 3.05) is 0 Å². The predicted molar refractivity (Wildman–Crippen MR) is 67.6 cm³/mol. The van der Waals surface area contributed by atoms with Crippen LogP contribution in [-0.4, -0.2) is 11.7 Å². The molecule has 0 atom stereocenters. The maximum Gasteiger partial charge on any atom is 0.220 e. The fourth-order valence-corrected chi connectivity index (χ4v) is 1.72. The Labute approximate surface area is 106 Å². The normalized spacial score (nSPS) is 10.2. The third-order valence-corrected chi connectivity index (χ3v) is 2.69. The number of hydrogen-bond acceptors (Lipinski definition) is 2. The van der Waals surface area contributed by atoms with Gasteiger partial charge in [0.05, 0.1) is 0 Å². The molecule has 1 amide bonds. The van der Waals surface area contributed by atoms with Gasteiger partial charge < -0.3 is 10.1 Å². The van der Waals surface area contributed by atoms with E-state index < -0.39 is 0 Å². The Morgan fingerprint density at radius 1 is 1.17 bits per heavy atom. The van der Waals surface area contributed by atoms with Crippen molar-refractivity contribution in [3.05, 3.63) is 34.6 Å². The summed E-state index contributed by atoms with van der Waals surface area (Å²) in [4.78, 5) is 22.1. The fourth-order valence-electron chi connectivity index (χ4n) is 1.72. The van der Waals surface area contributed by atoms with Gasteiger partial charge in [-0.3, -0.25) is 4.79 Å². The second-order valence-corrected chi connectivity index (χ2v) is 4.52. The number of Topliss-reactive ketones (excluding diaryl/α,β-unsaturated/α-hetero) is 1. The number of benzene rings is 1. The van der Waals surface area contributed by atoms with Crippen LogP contribution in [0, 0.1) is 19.7 Å². The number of carbonyl (C=O) groups excluding carboxylic acids is 2. The Bertz CT molecular complexity index is 446. The Morgan fingerprint density at radius 3 is 2.22 bits per heavy atom. The minimum atomic E-state index is -0.207. The van der Waals surface area contributed by atoms with Crippen molar-refractivity contribution in [3.8, 4) is 0 Å². The first kappa shape index (κ1) is 14.4. The van der Waals surface area contributed by atoms with Crippen molar-refractivity contribution in [1.82, 2.24) is 5.32 Å². The summed E-state index contributed by atoms with van der Waals surface area (Å²) in [6.45, 7) is 5.21. The molecule has 98 valence electrons. The van der Waals surface area contributed by atoms with Crippen LogP contribution in [0.25, 0.3) is 0 Å². The lowest BCUT2D eigenvalue weighted by molar-refractivity contribution is -0.124. The monoisotopic (exact) mass is 251 g/mol. The highest BCUT2D eigenvalue weighted by Gasteiger charge is 2.06. The molecule has 0 aliphatic heterocycles. The van der Waals surface area contributed by atoms with Gasteiger partial charge in [-0.05, 0) is 37.5 Å². The molecule has 0 bridgehead atoms. The molecule has 0 aliphatic carbocycles. The van der Waals surface area contributed by atoms with Gasteiger partial charge in [0.15, 0.2) is 0 Å². The average Bonchev–Trinajstić information content (AvgIpc) is 2.30. The van der Waals surface area contributed by atoms with Gasteiger partial charge in [-0.1, -0.05) is 12.1 Å². The van der Waals surface area contributed by atoms with E-state index in [0.29, 0.717) is 17.7 Å². The van der Waals surface area contributed by atoms with Crippen molar-refractivity contribution in [1.29, 1.82) is 0 Å². The van der Waals surface area contributed by atoms with Crippen molar-refractivity contribution in [2.45, 2.75) is 40.2 Å². The summed E-state index contributed by atoms with van der Waals surface area (Å²) >= 11 is 0. The van der Waals surface area contributed by atoms with Gasteiger partial charge in [0, 0.05) is 19.4 Å². The van der Waals surface area contributed by atoms with Crippen LogP contribution < -0.4 is 5.32 Å². The predicted octanol–water partition coefficient (Wildman–Crippen LogP) is 2.43. The lowest BCUT2D eigenvalue weighted by atomic mass is 10.1. The van der Waals surface area contributed by atoms with Crippen LogP contribution >= 0.6 is 0 Å². The summed E-state index contributed by atoms with van der Waals surface area (Å²) < 4.78 is 13.4. The fraction of sp³-hybridized carbons (Fsp3) is 0.429. The van der Waals surface area contributed by atoms with Gasteiger partial charge in [0.25, 0.3) is 0 Å². The third kappa shape index (κ3) is 4.28. The van der Waals surface area contributed by atoms with E-state index in [1.807, 2.05) is 0 Å². The molecule has 0 aromatic heterocycles. The lowest BCUT2D eigenvalue weighted by Crippen LogP contribution is -2.23. The highest BCUT2D eigenvalue weighted by molar-refractivity contribution is 5.83. The van der Waals surface area contributed by atoms with Crippen molar-refractivity contribution >= 4 is 11.7 Å². The summed E-state index contributed by atoms with van der Waals surface area (Å²) in [6.07, 6.45) is 0.460. The van der Waals surface area contributed by atoms with Crippen molar-refractivity contribution in [2.24, 2.45) is 0 Å². The molecule has 1 rings (SSSR count). The van der Waals surface area contributed by atoms with E-state index in [9.17, 15) is 14.0 Å². The van der Waals surface area contributed by atoms with E-state index in [-0.39, 0.29) is 30.3 Å². The number of halogens is 1. The molecular formula is C14H18FNO2. The number of aryl methyl sites for hydroxylation is 2. The Kier molecular flexibility index (Phi) is 5.01. The van der Waals surface area contributed by atoms with Crippen molar-refractivity contribution < 1.29 is 14.0 Å². The van der Waals surface area contributed by atoms with Crippen LogP contribution in [-0.2, 0) is 16.1 Å². The number of nitrogens with one attached hydrogen (secondary N) is 1. The van der Waals surface area contributed by atoms with E-state index in [1.165, 1.54) is 6.92 Å². The van der Waals surface area contributed by atoms with E-state index >= 15 is 0 Å². The lowest BCUT2D eigenvalue weighted by Gasteiger charge is -2.08. The maximum atomic E-state index is 13.4. The highest BCUT2D eigenvalue weighted by atomic mass is 19.1. The molecule has 1 N–H and O–H groups in total. The van der Waals surface area contributed by atoms with Gasteiger partial charge in [-0.25, -0.2) is 4.39 Å². The molecule has 4 heteroatoms. The molecule has 0 heterocycles. The Hall–Kier alpha value is -1.71. The zero-order valence-corrected chi connectivity index (χ0v) is 11.0. The zero-order valence-electron chi connectivity index (χ0n) is 11.0. The highest BCUT2D eigenvalue weighted by Crippen LogP contribution is 2.14. The largest absolute Gasteiger partial charge is 0.352 e. The van der Waals surface area contributed by atoms with Gasteiger partial charge in [-0.2, -0.15) is 0 Å². The molecule has 18 heavy (non-hydrogen) atoms. The van der Waals surface area contributed by atoms with Gasteiger partial charge in [-0.15, -0.1) is 0 Å².